The Morgan fingerprint density at radius 1 is 1.00 bits per heavy atom. The zero-order chi connectivity index (χ0) is 16.7. The van der Waals surface area contributed by atoms with Crippen LogP contribution in [0, 0.1) is 17.6 Å². The molecule has 3 heterocycles. The molecular formula is C20H19F2NO. The van der Waals surface area contributed by atoms with Gasteiger partial charge in [-0.1, -0.05) is 24.3 Å². The Kier molecular flexibility index (Phi) is 3.93. The van der Waals surface area contributed by atoms with E-state index in [0.717, 1.165) is 43.1 Å². The van der Waals surface area contributed by atoms with Crippen molar-refractivity contribution in [3.05, 3.63) is 59.7 Å². The summed E-state index contributed by atoms with van der Waals surface area (Å²) < 4.78 is 27.4. The highest BCUT2D eigenvalue weighted by Gasteiger charge is 2.40. The number of fused-ring (bicyclic) bond motifs is 3. The Morgan fingerprint density at radius 2 is 1.75 bits per heavy atom. The lowest BCUT2D eigenvalue weighted by molar-refractivity contribution is -0.136. The molecule has 0 radical (unpaired) electrons. The average Bonchev–Trinajstić information content (AvgIpc) is 2.59. The average molecular weight is 327 g/mol. The molecule has 3 fully saturated rings. The zero-order valence-electron chi connectivity index (χ0n) is 13.3. The van der Waals surface area contributed by atoms with Crippen molar-refractivity contribution in [3.63, 3.8) is 0 Å². The number of Topliss-reactive ketones (excluding diaryl/α,β-unsaturated/α-hetero) is 1. The van der Waals surface area contributed by atoms with Gasteiger partial charge in [0.15, 0.2) is 5.78 Å². The molecule has 0 saturated carbocycles. The van der Waals surface area contributed by atoms with E-state index in [4.69, 9.17) is 0 Å². The van der Waals surface area contributed by atoms with Crippen LogP contribution in [0.15, 0.2) is 42.5 Å². The summed E-state index contributed by atoms with van der Waals surface area (Å²) in [4.78, 5) is 14.8. The van der Waals surface area contributed by atoms with E-state index in [1.807, 2.05) is 24.3 Å². The first kappa shape index (κ1) is 15.5. The van der Waals surface area contributed by atoms with Gasteiger partial charge in [0.25, 0.3) is 0 Å². The van der Waals surface area contributed by atoms with Gasteiger partial charge in [-0.15, -0.1) is 0 Å². The molecule has 0 aromatic heterocycles. The van der Waals surface area contributed by atoms with Gasteiger partial charge >= 0.3 is 0 Å². The Labute approximate surface area is 140 Å². The molecule has 3 aliphatic rings. The SMILES string of the molecule is O=C1C2CCN(CC2)C1Cc1ccccc1-c1ccc(F)cc1F. The lowest BCUT2D eigenvalue weighted by atomic mass is 9.79. The number of nitrogens with zero attached hydrogens (tertiary/aromatic N) is 1. The van der Waals surface area contributed by atoms with Crippen LogP contribution in [-0.2, 0) is 11.2 Å². The molecule has 124 valence electrons. The van der Waals surface area contributed by atoms with Crippen LogP contribution >= 0.6 is 0 Å². The number of rotatable bonds is 3. The largest absolute Gasteiger partial charge is 0.298 e. The standard InChI is InChI=1S/C20H19F2NO/c21-15-5-6-17(18(22)12-15)16-4-2-1-3-14(16)11-19-20(24)13-7-9-23(19)10-8-13/h1-6,12-13,19H,7-11H2. The predicted molar refractivity (Wildman–Crippen MR) is 88.6 cm³/mol. The summed E-state index contributed by atoms with van der Waals surface area (Å²) in [6, 6.07) is 11.1. The van der Waals surface area contributed by atoms with Crippen LogP contribution in [0.2, 0.25) is 0 Å². The number of carbonyl (C=O) groups excluding carboxylic acids is 1. The van der Waals surface area contributed by atoms with Gasteiger partial charge in [-0.3, -0.25) is 9.69 Å². The molecule has 2 aromatic carbocycles. The van der Waals surface area contributed by atoms with Gasteiger partial charge in [0.1, 0.15) is 11.6 Å². The Balaban J connectivity index is 1.68. The van der Waals surface area contributed by atoms with E-state index in [0.29, 0.717) is 17.8 Å². The Morgan fingerprint density at radius 3 is 2.46 bits per heavy atom. The molecule has 24 heavy (non-hydrogen) atoms. The van der Waals surface area contributed by atoms with Crippen LogP contribution in [0.25, 0.3) is 11.1 Å². The first-order chi connectivity index (χ1) is 11.6. The second-order valence-electron chi connectivity index (χ2n) is 6.71. The normalized spacial score (nSPS) is 25.9. The summed E-state index contributed by atoms with van der Waals surface area (Å²) in [5.74, 6) is -0.643. The van der Waals surface area contributed by atoms with Crippen LogP contribution in [0.1, 0.15) is 18.4 Å². The predicted octanol–water partition coefficient (Wildman–Crippen LogP) is 3.84. The fourth-order valence-corrected chi connectivity index (χ4v) is 4.05. The molecule has 1 unspecified atom stereocenters. The molecule has 2 bridgehead atoms. The van der Waals surface area contributed by atoms with Gasteiger partial charge in [0.2, 0.25) is 0 Å². The third-order valence-electron chi connectivity index (χ3n) is 5.35. The molecule has 0 amide bonds. The van der Waals surface area contributed by atoms with Crippen molar-refractivity contribution in [3.8, 4) is 11.1 Å². The van der Waals surface area contributed by atoms with Crippen molar-refractivity contribution in [2.45, 2.75) is 25.3 Å². The molecule has 4 heteroatoms. The minimum absolute atomic E-state index is 0.109. The molecule has 1 atom stereocenters. The number of halogens is 2. The van der Waals surface area contributed by atoms with Crippen LogP contribution < -0.4 is 0 Å². The van der Waals surface area contributed by atoms with E-state index in [1.54, 1.807) is 0 Å². The van der Waals surface area contributed by atoms with Crippen LogP contribution in [0.4, 0.5) is 8.78 Å². The number of hydrogen-bond donors (Lipinski definition) is 0. The van der Waals surface area contributed by atoms with E-state index in [1.165, 1.54) is 12.1 Å². The lowest BCUT2D eigenvalue weighted by Crippen LogP contribution is -2.56. The summed E-state index contributed by atoms with van der Waals surface area (Å²) >= 11 is 0. The van der Waals surface area contributed by atoms with E-state index in [2.05, 4.69) is 4.90 Å². The van der Waals surface area contributed by atoms with Gasteiger partial charge in [0.05, 0.1) is 6.04 Å². The van der Waals surface area contributed by atoms with Gasteiger partial charge in [-0.05, 0) is 55.6 Å². The van der Waals surface area contributed by atoms with Crippen molar-refractivity contribution in [2.24, 2.45) is 5.92 Å². The van der Waals surface area contributed by atoms with Crippen molar-refractivity contribution in [1.82, 2.24) is 4.90 Å². The maximum atomic E-state index is 14.2. The highest BCUT2D eigenvalue weighted by molar-refractivity contribution is 5.88. The number of carbonyl (C=O) groups is 1. The highest BCUT2D eigenvalue weighted by Crippen LogP contribution is 2.33. The lowest BCUT2D eigenvalue weighted by Gasteiger charge is -2.44. The van der Waals surface area contributed by atoms with Gasteiger partial charge in [-0.25, -0.2) is 8.78 Å². The van der Waals surface area contributed by atoms with Crippen LogP contribution in [0.3, 0.4) is 0 Å². The second kappa shape index (κ2) is 6.10. The van der Waals surface area contributed by atoms with E-state index >= 15 is 0 Å². The fourth-order valence-electron chi connectivity index (χ4n) is 4.05. The van der Waals surface area contributed by atoms with Crippen LogP contribution in [0.5, 0.6) is 0 Å². The van der Waals surface area contributed by atoms with Crippen molar-refractivity contribution in [1.29, 1.82) is 0 Å². The van der Waals surface area contributed by atoms with Gasteiger partial charge in [-0.2, -0.15) is 0 Å². The van der Waals surface area contributed by atoms with Gasteiger partial charge in [0, 0.05) is 17.5 Å². The van der Waals surface area contributed by atoms with E-state index in [9.17, 15) is 13.6 Å². The Bertz CT molecular complexity index is 781. The summed E-state index contributed by atoms with van der Waals surface area (Å²) in [7, 11) is 0. The molecule has 0 N–H and O–H groups in total. The minimum atomic E-state index is -0.584. The second-order valence-corrected chi connectivity index (χ2v) is 6.71. The number of hydrogen-bond acceptors (Lipinski definition) is 2. The van der Waals surface area contributed by atoms with E-state index in [-0.39, 0.29) is 12.0 Å². The van der Waals surface area contributed by atoms with Crippen LogP contribution in [-0.4, -0.2) is 29.8 Å². The molecule has 5 rings (SSSR count). The summed E-state index contributed by atoms with van der Waals surface area (Å²) in [5, 5.41) is 0. The Hall–Kier alpha value is -2.07. The van der Waals surface area contributed by atoms with Crippen molar-refractivity contribution < 1.29 is 13.6 Å². The van der Waals surface area contributed by atoms with Crippen molar-refractivity contribution in [2.75, 3.05) is 13.1 Å². The number of piperidine rings is 3. The molecule has 2 nitrogen and oxygen atoms in total. The molecule has 0 aliphatic carbocycles. The fraction of sp³-hybridized carbons (Fsp3) is 0.350. The molecule has 3 aliphatic heterocycles. The molecule has 3 saturated heterocycles. The van der Waals surface area contributed by atoms with Gasteiger partial charge < -0.3 is 0 Å². The third-order valence-corrected chi connectivity index (χ3v) is 5.35. The first-order valence-electron chi connectivity index (χ1n) is 8.44. The topological polar surface area (TPSA) is 20.3 Å². The molecular weight excluding hydrogens is 308 g/mol. The molecule has 0 spiro atoms. The molecule has 2 aromatic rings. The summed E-state index contributed by atoms with van der Waals surface area (Å²) in [6.07, 6.45) is 2.51. The third kappa shape index (κ3) is 2.65. The highest BCUT2D eigenvalue weighted by atomic mass is 19.1. The summed E-state index contributed by atoms with van der Waals surface area (Å²) in [5.41, 5.74) is 2.06. The number of ketones is 1. The zero-order valence-corrected chi connectivity index (χ0v) is 13.3. The van der Waals surface area contributed by atoms with E-state index < -0.39 is 11.6 Å². The summed E-state index contributed by atoms with van der Waals surface area (Å²) in [6.45, 7) is 1.93. The maximum Gasteiger partial charge on any atom is 0.153 e. The number of benzene rings is 2. The quantitative estimate of drug-likeness (QED) is 0.854. The maximum absolute atomic E-state index is 14.2. The minimum Gasteiger partial charge on any atom is -0.298 e. The van der Waals surface area contributed by atoms with Crippen molar-refractivity contribution >= 4 is 5.78 Å². The first-order valence-corrected chi connectivity index (χ1v) is 8.44. The monoisotopic (exact) mass is 327 g/mol. The smallest absolute Gasteiger partial charge is 0.153 e.